The van der Waals surface area contributed by atoms with Crippen LogP contribution in [0.1, 0.15) is 25.3 Å². The maximum absolute atomic E-state index is 12.9. The predicted octanol–water partition coefficient (Wildman–Crippen LogP) is 2.93. The van der Waals surface area contributed by atoms with Gasteiger partial charge in [0.15, 0.2) is 0 Å². The molecule has 0 aliphatic carbocycles. The smallest absolute Gasteiger partial charge is 0.124 e. The van der Waals surface area contributed by atoms with Crippen LogP contribution >= 0.6 is 0 Å². The quantitative estimate of drug-likeness (QED) is 0.740. The van der Waals surface area contributed by atoms with Crippen molar-refractivity contribution in [1.29, 1.82) is 5.26 Å². The van der Waals surface area contributed by atoms with Gasteiger partial charge in [-0.15, -0.1) is 0 Å². The maximum atomic E-state index is 12.9. The first-order chi connectivity index (χ1) is 8.27. The van der Waals surface area contributed by atoms with E-state index in [-0.39, 0.29) is 0 Å². The zero-order valence-corrected chi connectivity index (χ0v) is 10.0. The second kappa shape index (κ2) is 7.64. The van der Waals surface area contributed by atoms with E-state index in [9.17, 15) is 4.39 Å². The highest BCUT2D eigenvalue weighted by molar-refractivity contribution is 5.57. The fraction of sp³-hybridized carbons (Fsp3) is 0.462. The summed E-state index contributed by atoms with van der Waals surface area (Å²) in [5, 5.41) is 11.9. The van der Waals surface area contributed by atoms with Gasteiger partial charge in [-0.2, -0.15) is 5.26 Å². The van der Waals surface area contributed by atoms with Crippen molar-refractivity contribution in [1.82, 2.24) is 0 Å². The van der Waals surface area contributed by atoms with Crippen molar-refractivity contribution in [3.8, 4) is 6.07 Å². The summed E-state index contributed by atoms with van der Waals surface area (Å²) in [6.45, 7) is 4.07. The van der Waals surface area contributed by atoms with Gasteiger partial charge in [0, 0.05) is 13.2 Å². The molecule has 0 aromatic heterocycles. The standard InChI is InChI=1S/C13H17FN2O/c1-2-3-7-17-8-6-16-13-5-4-12(14)9-11(13)10-15/h4-5,9,16H,2-3,6-8H2,1H3. The molecule has 0 amide bonds. The lowest BCUT2D eigenvalue weighted by Gasteiger charge is -2.08. The van der Waals surface area contributed by atoms with Crippen LogP contribution in [0.2, 0.25) is 0 Å². The molecule has 0 unspecified atom stereocenters. The molecule has 92 valence electrons. The molecule has 0 atom stereocenters. The number of halogens is 1. The Bertz CT molecular complexity index is 387. The lowest BCUT2D eigenvalue weighted by molar-refractivity contribution is 0.141. The van der Waals surface area contributed by atoms with Crippen LogP contribution in [0.25, 0.3) is 0 Å². The maximum Gasteiger partial charge on any atom is 0.124 e. The average Bonchev–Trinajstić information content (AvgIpc) is 2.35. The number of rotatable bonds is 7. The van der Waals surface area contributed by atoms with Crippen molar-refractivity contribution in [2.24, 2.45) is 0 Å². The Morgan fingerprint density at radius 2 is 2.24 bits per heavy atom. The molecule has 17 heavy (non-hydrogen) atoms. The van der Waals surface area contributed by atoms with Crippen molar-refractivity contribution < 1.29 is 9.13 Å². The summed E-state index contributed by atoms with van der Waals surface area (Å²) in [6, 6.07) is 6.08. The van der Waals surface area contributed by atoms with E-state index in [1.54, 1.807) is 6.07 Å². The molecule has 0 aliphatic heterocycles. The topological polar surface area (TPSA) is 45.0 Å². The number of nitriles is 1. The summed E-state index contributed by atoms with van der Waals surface area (Å²) in [5.41, 5.74) is 0.964. The van der Waals surface area contributed by atoms with Crippen LogP contribution in [0.5, 0.6) is 0 Å². The first kappa shape index (κ1) is 13.5. The fourth-order valence-corrected chi connectivity index (χ4v) is 1.37. The third kappa shape index (κ3) is 4.83. The van der Waals surface area contributed by atoms with E-state index >= 15 is 0 Å². The number of nitrogens with zero attached hydrogens (tertiary/aromatic N) is 1. The molecule has 1 aromatic rings. The molecule has 4 heteroatoms. The van der Waals surface area contributed by atoms with Gasteiger partial charge >= 0.3 is 0 Å². The molecular formula is C13H17FN2O. The first-order valence-corrected chi connectivity index (χ1v) is 5.79. The third-order valence-corrected chi connectivity index (χ3v) is 2.31. The molecule has 1 rings (SSSR count). The SMILES string of the molecule is CCCCOCCNc1ccc(F)cc1C#N. The first-order valence-electron chi connectivity index (χ1n) is 5.79. The Morgan fingerprint density at radius 3 is 2.94 bits per heavy atom. The van der Waals surface area contributed by atoms with Crippen LogP contribution in [-0.4, -0.2) is 19.8 Å². The lowest BCUT2D eigenvalue weighted by atomic mass is 10.2. The van der Waals surface area contributed by atoms with Crippen LogP contribution in [-0.2, 0) is 4.74 Å². The molecule has 0 heterocycles. The average molecular weight is 236 g/mol. The van der Waals surface area contributed by atoms with Crippen molar-refractivity contribution in [3.05, 3.63) is 29.6 Å². The second-order valence-electron chi connectivity index (χ2n) is 3.69. The Hall–Kier alpha value is -1.60. The predicted molar refractivity (Wildman–Crippen MR) is 65.3 cm³/mol. The number of benzene rings is 1. The number of hydrogen-bond acceptors (Lipinski definition) is 3. The minimum absolute atomic E-state index is 0.318. The summed E-state index contributed by atoms with van der Waals surface area (Å²) in [5.74, 6) is -0.397. The van der Waals surface area contributed by atoms with Gasteiger partial charge < -0.3 is 10.1 Å². The number of anilines is 1. The molecule has 0 fully saturated rings. The minimum atomic E-state index is -0.397. The number of unbranched alkanes of at least 4 members (excludes halogenated alkanes) is 1. The van der Waals surface area contributed by atoms with Gasteiger partial charge in [-0.1, -0.05) is 13.3 Å². The fourth-order valence-electron chi connectivity index (χ4n) is 1.37. The van der Waals surface area contributed by atoms with Crippen molar-refractivity contribution in [2.75, 3.05) is 25.1 Å². The Kier molecular flexibility index (Phi) is 6.05. The highest BCUT2D eigenvalue weighted by atomic mass is 19.1. The highest BCUT2D eigenvalue weighted by Crippen LogP contribution is 2.15. The summed E-state index contributed by atoms with van der Waals surface area (Å²) in [6.07, 6.45) is 2.17. The molecule has 0 saturated carbocycles. The van der Waals surface area contributed by atoms with E-state index in [0.717, 1.165) is 19.4 Å². The van der Waals surface area contributed by atoms with E-state index < -0.39 is 5.82 Å². The van der Waals surface area contributed by atoms with Gasteiger partial charge in [-0.3, -0.25) is 0 Å². The largest absolute Gasteiger partial charge is 0.382 e. The van der Waals surface area contributed by atoms with Crippen molar-refractivity contribution in [2.45, 2.75) is 19.8 Å². The molecule has 1 aromatic carbocycles. The third-order valence-electron chi connectivity index (χ3n) is 2.31. The van der Waals surface area contributed by atoms with E-state index in [2.05, 4.69) is 12.2 Å². The number of hydrogen-bond donors (Lipinski definition) is 1. The van der Waals surface area contributed by atoms with Crippen molar-refractivity contribution in [3.63, 3.8) is 0 Å². The molecular weight excluding hydrogens is 219 g/mol. The monoisotopic (exact) mass is 236 g/mol. The summed E-state index contributed by atoms with van der Waals surface area (Å²) < 4.78 is 18.2. The van der Waals surface area contributed by atoms with Gasteiger partial charge in [0.2, 0.25) is 0 Å². The molecule has 3 nitrogen and oxygen atoms in total. The molecule has 0 saturated heterocycles. The Labute approximate surface area is 101 Å². The molecule has 0 aliphatic rings. The molecule has 1 N–H and O–H groups in total. The van der Waals surface area contributed by atoms with Crippen molar-refractivity contribution >= 4 is 5.69 Å². The summed E-state index contributed by atoms with van der Waals surface area (Å²) in [7, 11) is 0. The van der Waals surface area contributed by atoms with Gasteiger partial charge in [-0.25, -0.2) is 4.39 Å². The van der Waals surface area contributed by atoms with E-state index in [1.165, 1.54) is 12.1 Å². The molecule has 0 bridgehead atoms. The van der Waals surface area contributed by atoms with Crippen LogP contribution in [0.15, 0.2) is 18.2 Å². The molecule has 0 spiro atoms. The Morgan fingerprint density at radius 1 is 1.41 bits per heavy atom. The van der Waals surface area contributed by atoms with E-state index in [1.807, 2.05) is 6.07 Å². The van der Waals surface area contributed by atoms with Crippen LogP contribution < -0.4 is 5.32 Å². The van der Waals surface area contributed by atoms with Gasteiger partial charge in [-0.05, 0) is 24.6 Å². The van der Waals surface area contributed by atoms with Crippen LogP contribution in [0.3, 0.4) is 0 Å². The zero-order chi connectivity index (χ0) is 12.5. The lowest BCUT2D eigenvalue weighted by Crippen LogP contribution is -2.10. The highest BCUT2D eigenvalue weighted by Gasteiger charge is 2.02. The van der Waals surface area contributed by atoms with E-state index in [4.69, 9.17) is 10.00 Å². The normalized spacial score (nSPS) is 9.94. The summed E-state index contributed by atoms with van der Waals surface area (Å²) in [4.78, 5) is 0. The molecule has 0 radical (unpaired) electrons. The number of ether oxygens (including phenoxy) is 1. The number of nitrogens with one attached hydrogen (secondary N) is 1. The van der Waals surface area contributed by atoms with E-state index in [0.29, 0.717) is 24.4 Å². The van der Waals surface area contributed by atoms with Gasteiger partial charge in [0.1, 0.15) is 11.9 Å². The van der Waals surface area contributed by atoms with Crippen LogP contribution in [0.4, 0.5) is 10.1 Å². The van der Waals surface area contributed by atoms with Crippen LogP contribution in [0, 0.1) is 17.1 Å². The minimum Gasteiger partial charge on any atom is -0.382 e. The zero-order valence-electron chi connectivity index (χ0n) is 10.0. The van der Waals surface area contributed by atoms with Gasteiger partial charge in [0.25, 0.3) is 0 Å². The summed E-state index contributed by atoms with van der Waals surface area (Å²) >= 11 is 0. The Balaban J connectivity index is 2.34. The second-order valence-corrected chi connectivity index (χ2v) is 3.69. The van der Waals surface area contributed by atoms with Gasteiger partial charge in [0.05, 0.1) is 17.9 Å².